The minimum absolute atomic E-state index is 0. The average Bonchev–Trinajstić information content (AvgIpc) is 2.84. The smallest absolute Gasteiger partial charge is 0.257 e. The maximum Gasteiger partial charge on any atom is 0.257 e. The van der Waals surface area contributed by atoms with Gasteiger partial charge in [-0.1, -0.05) is 24.6 Å². The first-order valence-corrected chi connectivity index (χ1v) is 11.6. The number of benzene rings is 2. The Morgan fingerprint density at radius 1 is 0.853 bits per heavy atom. The third-order valence-electron chi connectivity index (χ3n) is 6.27. The van der Waals surface area contributed by atoms with Crippen molar-refractivity contribution in [1.29, 1.82) is 0 Å². The van der Waals surface area contributed by atoms with Crippen molar-refractivity contribution in [3.63, 3.8) is 0 Å². The number of para-hydroxylation sites is 1. The number of rotatable bonds is 7. The number of carbonyl (C=O) groups is 1. The van der Waals surface area contributed by atoms with Crippen LogP contribution < -0.4 is 9.64 Å². The normalized spacial score (nSPS) is 16.4. The van der Waals surface area contributed by atoms with E-state index >= 15 is 0 Å². The first-order chi connectivity index (χ1) is 15.6. The van der Waals surface area contributed by atoms with Crippen molar-refractivity contribution < 1.29 is 18.3 Å². The van der Waals surface area contributed by atoms with Gasteiger partial charge in [0.25, 0.3) is 5.91 Å². The predicted octanol–water partition coefficient (Wildman–Crippen LogP) is 5.03. The van der Waals surface area contributed by atoms with Crippen molar-refractivity contribution in [2.45, 2.75) is 25.7 Å². The summed E-state index contributed by atoms with van der Waals surface area (Å²) in [6, 6.07) is 11.9. The molecule has 2 fully saturated rings. The monoisotopic (exact) mass is 515 g/mol. The van der Waals surface area contributed by atoms with Crippen molar-refractivity contribution >= 4 is 36.4 Å². The molecule has 2 saturated heterocycles. The van der Waals surface area contributed by atoms with E-state index in [0.29, 0.717) is 32.8 Å². The average molecular weight is 516 g/mol. The quantitative estimate of drug-likeness (QED) is 0.484. The number of halogens is 4. The van der Waals surface area contributed by atoms with Crippen molar-refractivity contribution in [2.24, 2.45) is 0 Å². The molecule has 0 radical (unpaired) electrons. The number of hydrogen-bond acceptors (Lipinski definition) is 4. The van der Waals surface area contributed by atoms with E-state index in [1.54, 1.807) is 4.90 Å². The molecular formula is C25H33Cl2F2N3O2. The summed E-state index contributed by atoms with van der Waals surface area (Å²) in [7, 11) is 0. The number of likely N-dealkylation sites (tertiary alicyclic amines) is 1. The summed E-state index contributed by atoms with van der Waals surface area (Å²) in [4.78, 5) is 19.0. The summed E-state index contributed by atoms with van der Waals surface area (Å²) < 4.78 is 34.7. The van der Waals surface area contributed by atoms with Crippen LogP contribution in [0.4, 0.5) is 14.5 Å². The summed E-state index contributed by atoms with van der Waals surface area (Å²) in [5.74, 6) is -2.05. The maximum absolute atomic E-state index is 14.7. The van der Waals surface area contributed by atoms with Crippen molar-refractivity contribution in [2.75, 3.05) is 57.3 Å². The summed E-state index contributed by atoms with van der Waals surface area (Å²) in [5, 5.41) is 0. The maximum atomic E-state index is 14.7. The van der Waals surface area contributed by atoms with Gasteiger partial charge in [-0.05, 0) is 50.6 Å². The zero-order chi connectivity index (χ0) is 22.3. The molecule has 2 aliphatic rings. The molecule has 1 amide bonds. The van der Waals surface area contributed by atoms with Gasteiger partial charge in [-0.2, -0.15) is 0 Å². The first-order valence-electron chi connectivity index (χ1n) is 11.6. The Labute approximate surface area is 212 Å². The highest BCUT2D eigenvalue weighted by atomic mass is 35.5. The molecule has 5 nitrogen and oxygen atoms in total. The van der Waals surface area contributed by atoms with Gasteiger partial charge in [0.15, 0.2) is 11.6 Å². The summed E-state index contributed by atoms with van der Waals surface area (Å²) in [6.07, 6.45) is 4.48. The van der Waals surface area contributed by atoms with E-state index in [-0.39, 0.29) is 36.1 Å². The van der Waals surface area contributed by atoms with E-state index in [4.69, 9.17) is 4.74 Å². The lowest BCUT2D eigenvalue weighted by Gasteiger charge is -2.36. The molecule has 0 saturated carbocycles. The second-order valence-corrected chi connectivity index (χ2v) is 8.48. The van der Waals surface area contributed by atoms with Crippen LogP contribution in [0.3, 0.4) is 0 Å². The van der Waals surface area contributed by atoms with Crippen LogP contribution in [-0.2, 0) is 0 Å². The fourth-order valence-electron chi connectivity index (χ4n) is 4.43. The molecule has 2 aromatic rings. The minimum atomic E-state index is -0.743. The number of anilines is 1. The molecule has 0 aromatic heterocycles. The highest BCUT2D eigenvalue weighted by molar-refractivity contribution is 5.95. The van der Waals surface area contributed by atoms with Gasteiger partial charge >= 0.3 is 0 Å². The van der Waals surface area contributed by atoms with Gasteiger partial charge in [-0.15, -0.1) is 24.8 Å². The van der Waals surface area contributed by atoms with Gasteiger partial charge in [-0.25, -0.2) is 8.78 Å². The van der Waals surface area contributed by atoms with Crippen molar-refractivity contribution in [3.8, 4) is 5.75 Å². The molecule has 9 heteroatoms. The van der Waals surface area contributed by atoms with Crippen LogP contribution in [0.25, 0.3) is 0 Å². The lowest BCUT2D eigenvalue weighted by atomic mass is 10.1. The van der Waals surface area contributed by atoms with Crippen molar-refractivity contribution in [3.05, 3.63) is 59.7 Å². The fourth-order valence-corrected chi connectivity index (χ4v) is 4.43. The molecule has 0 N–H and O–H groups in total. The summed E-state index contributed by atoms with van der Waals surface area (Å²) in [6.45, 7) is 5.64. The van der Waals surface area contributed by atoms with Gasteiger partial charge in [0.1, 0.15) is 5.82 Å². The van der Waals surface area contributed by atoms with E-state index in [1.165, 1.54) is 19.3 Å². The van der Waals surface area contributed by atoms with Gasteiger partial charge in [-0.3, -0.25) is 4.79 Å². The van der Waals surface area contributed by atoms with E-state index in [0.717, 1.165) is 43.9 Å². The number of piperidine rings is 1. The number of ether oxygens (including phenoxy) is 1. The topological polar surface area (TPSA) is 36.0 Å². The molecule has 0 aliphatic carbocycles. The van der Waals surface area contributed by atoms with E-state index < -0.39 is 17.5 Å². The molecule has 2 aromatic carbocycles. The second-order valence-electron chi connectivity index (χ2n) is 8.48. The number of hydrogen-bond donors (Lipinski definition) is 0. The minimum Gasteiger partial charge on any atom is -0.490 e. The van der Waals surface area contributed by atoms with Crippen LogP contribution in [-0.4, -0.2) is 68.1 Å². The highest BCUT2D eigenvalue weighted by Gasteiger charge is 2.26. The zero-order valence-corrected chi connectivity index (χ0v) is 20.9. The number of piperazine rings is 1. The van der Waals surface area contributed by atoms with E-state index in [1.807, 2.05) is 30.3 Å². The van der Waals surface area contributed by atoms with Crippen LogP contribution in [0.15, 0.2) is 42.5 Å². The standard InChI is InChI=1S/C25H31F2N3O2.2ClH/c26-22-19-24(32-17-7-12-28-10-5-2-6-11-28)23(27)18-21(22)25(31)30-15-13-29(14-16-30)20-8-3-1-4-9-20;;/h1,3-4,8-9,18-19H,2,5-7,10-17H2;2*1H. The zero-order valence-electron chi connectivity index (χ0n) is 19.3. The number of carbonyl (C=O) groups excluding carboxylic acids is 1. The molecular weight excluding hydrogens is 483 g/mol. The van der Waals surface area contributed by atoms with Gasteiger partial charge in [0, 0.05) is 44.5 Å². The van der Waals surface area contributed by atoms with E-state index in [2.05, 4.69) is 9.80 Å². The van der Waals surface area contributed by atoms with Crippen LogP contribution >= 0.6 is 24.8 Å². The molecule has 0 bridgehead atoms. The Morgan fingerprint density at radius 3 is 2.21 bits per heavy atom. The van der Waals surface area contributed by atoms with Gasteiger partial charge < -0.3 is 19.4 Å². The molecule has 34 heavy (non-hydrogen) atoms. The van der Waals surface area contributed by atoms with Crippen LogP contribution in [0, 0.1) is 11.6 Å². The SMILES string of the molecule is Cl.Cl.O=C(c1cc(F)c(OCCCN2CCCCC2)cc1F)N1CCN(c2ccccc2)CC1. The summed E-state index contributed by atoms with van der Waals surface area (Å²) >= 11 is 0. The Bertz CT molecular complexity index is 907. The molecule has 0 atom stereocenters. The largest absolute Gasteiger partial charge is 0.490 e. The Hall–Kier alpha value is -2.09. The molecule has 0 unspecified atom stereocenters. The Morgan fingerprint density at radius 2 is 1.53 bits per heavy atom. The van der Waals surface area contributed by atoms with Crippen LogP contribution in [0.5, 0.6) is 5.75 Å². The predicted molar refractivity (Wildman–Crippen MR) is 136 cm³/mol. The molecule has 0 spiro atoms. The lowest BCUT2D eigenvalue weighted by Crippen LogP contribution is -2.49. The van der Waals surface area contributed by atoms with Gasteiger partial charge in [0.2, 0.25) is 0 Å². The van der Waals surface area contributed by atoms with Crippen molar-refractivity contribution in [1.82, 2.24) is 9.80 Å². The Balaban J connectivity index is 0.00000204. The second kappa shape index (κ2) is 13.7. The molecule has 2 heterocycles. The third kappa shape index (κ3) is 7.20. The lowest BCUT2D eigenvalue weighted by molar-refractivity contribution is 0.0741. The number of nitrogens with zero attached hydrogens (tertiary/aromatic N) is 3. The first kappa shape index (κ1) is 28.1. The van der Waals surface area contributed by atoms with Crippen LogP contribution in [0.1, 0.15) is 36.0 Å². The molecule has 4 rings (SSSR count). The molecule has 2 aliphatic heterocycles. The summed E-state index contributed by atoms with van der Waals surface area (Å²) in [5.41, 5.74) is 0.856. The van der Waals surface area contributed by atoms with Crippen LogP contribution in [0.2, 0.25) is 0 Å². The fraction of sp³-hybridized carbons (Fsp3) is 0.480. The number of amides is 1. The third-order valence-corrected chi connectivity index (χ3v) is 6.27. The molecule has 188 valence electrons. The van der Waals surface area contributed by atoms with Gasteiger partial charge in [0.05, 0.1) is 12.2 Å². The highest BCUT2D eigenvalue weighted by Crippen LogP contribution is 2.24. The van der Waals surface area contributed by atoms with E-state index in [9.17, 15) is 13.6 Å². The Kier molecular flexibility index (Phi) is 11.4.